The van der Waals surface area contributed by atoms with Crippen LogP contribution in [0.2, 0.25) is 0 Å². The molecule has 0 fully saturated rings. The average Bonchev–Trinajstić information content (AvgIpc) is 2.15. The quantitative estimate of drug-likeness (QED) is 0.660. The average molecular weight is 178 g/mol. The van der Waals surface area contributed by atoms with Crippen molar-refractivity contribution in [3.63, 3.8) is 0 Å². The Kier molecular flexibility index (Phi) is 3.38. The predicted octanol–water partition coefficient (Wildman–Crippen LogP) is 2.75. The Morgan fingerprint density at radius 1 is 1.31 bits per heavy atom. The van der Waals surface area contributed by atoms with Gasteiger partial charge in [-0.25, -0.2) is 0 Å². The summed E-state index contributed by atoms with van der Waals surface area (Å²) in [6.45, 7) is 6.06. The lowest BCUT2D eigenvalue weighted by molar-refractivity contribution is 0.202. The molecule has 0 N–H and O–H groups in total. The summed E-state index contributed by atoms with van der Waals surface area (Å²) < 4.78 is 10.3. The normalized spacial score (nSPS) is 9.38. The van der Waals surface area contributed by atoms with Crippen molar-refractivity contribution in [2.45, 2.75) is 13.5 Å². The van der Waals surface area contributed by atoms with E-state index < -0.39 is 0 Å². The van der Waals surface area contributed by atoms with Crippen molar-refractivity contribution in [1.82, 2.24) is 0 Å². The first-order valence-electron chi connectivity index (χ1n) is 4.13. The Labute approximate surface area is 78.8 Å². The molecule has 0 bridgehead atoms. The number of methoxy groups -OCH3 is 1. The summed E-state index contributed by atoms with van der Waals surface area (Å²) in [5.74, 6) is 1.59. The largest absolute Gasteiger partial charge is 0.497 e. The SMILES string of the molecule is C=C(C)OCc1ccc(OC)cc1. The van der Waals surface area contributed by atoms with Gasteiger partial charge >= 0.3 is 0 Å². The molecule has 0 aliphatic heterocycles. The van der Waals surface area contributed by atoms with Crippen LogP contribution >= 0.6 is 0 Å². The first kappa shape index (κ1) is 9.65. The zero-order valence-corrected chi connectivity index (χ0v) is 8.04. The summed E-state index contributed by atoms with van der Waals surface area (Å²) in [4.78, 5) is 0. The van der Waals surface area contributed by atoms with E-state index in [1.165, 1.54) is 0 Å². The zero-order valence-electron chi connectivity index (χ0n) is 8.04. The summed E-state index contributed by atoms with van der Waals surface area (Å²) >= 11 is 0. The predicted molar refractivity (Wildman–Crippen MR) is 52.6 cm³/mol. The highest BCUT2D eigenvalue weighted by Gasteiger charge is 1.94. The van der Waals surface area contributed by atoms with E-state index in [2.05, 4.69) is 6.58 Å². The van der Waals surface area contributed by atoms with Crippen molar-refractivity contribution in [2.24, 2.45) is 0 Å². The Morgan fingerprint density at radius 2 is 1.92 bits per heavy atom. The van der Waals surface area contributed by atoms with Crippen LogP contribution in [0.15, 0.2) is 36.6 Å². The van der Waals surface area contributed by atoms with Gasteiger partial charge in [-0.1, -0.05) is 18.7 Å². The molecule has 0 unspecified atom stereocenters. The van der Waals surface area contributed by atoms with Crippen LogP contribution in [0.3, 0.4) is 0 Å². The van der Waals surface area contributed by atoms with E-state index >= 15 is 0 Å². The molecule has 0 saturated carbocycles. The van der Waals surface area contributed by atoms with Gasteiger partial charge < -0.3 is 9.47 Å². The summed E-state index contributed by atoms with van der Waals surface area (Å²) in [6.07, 6.45) is 0. The van der Waals surface area contributed by atoms with E-state index in [9.17, 15) is 0 Å². The molecule has 0 heterocycles. The van der Waals surface area contributed by atoms with Gasteiger partial charge in [0.05, 0.1) is 12.9 Å². The van der Waals surface area contributed by atoms with E-state index in [-0.39, 0.29) is 0 Å². The van der Waals surface area contributed by atoms with Crippen molar-refractivity contribution in [1.29, 1.82) is 0 Å². The van der Waals surface area contributed by atoms with E-state index in [1.54, 1.807) is 7.11 Å². The third-order valence-electron chi connectivity index (χ3n) is 1.64. The molecule has 70 valence electrons. The molecule has 1 aromatic rings. The smallest absolute Gasteiger partial charge is 0.118 e. The Hall–Kier alpha value is -1.44. The highest BCUT2D eigenvalue weighted by molar-refractivity contribution is 5.26. The van der Waals surface area contributed by atoms with E-state index in [1.807, 2.05) is 31.2 Å². The van der Waals surface area contributed by atoms with E-state index in [0.29, 0.717) is 6.61 Å². The van der Waals surface area contributed by atoms with Crippen molar-refractivity contribution in [3.8, 4) is 5.75 Å². The molecule has 0 spiro atoms. The molecule has 2 heteroatoms. The minimum absolute atomic E-state index is 0.569. The maximum Gasteiger partial charge on any atom is 0.118 e. The second-order valence-corrected chi connectivity index (χ2v) is 2.84. The zero-order chi connectivity index (χ0) is 9.68. The van der Waals surface area contributed by atoms with Gasteiger partial charge in [-0.15, -0.1) is 0 Å². The molecule has 0 aliphatic carbocycles. The van der Waals surface area contributed by atoms with Crippen LogP contribution in [0.25, 0.3) is 0 Å². The van der Waals surface area contributed by atoms with Gasteiger partial charge in [0.2, 0.25) is 0 Å². The topological polar surface area (TPSA) is 18.5 Å². The highest BCUT2D eigenvalue weighted by Crippen LogP contribution is 2.12. The molecule has 13 heavy (non-hydrogen) atoms. The summed E-state index contributed by atoms with van der Waals surface area (Å²) in [6, 6.07) is 7.78. The van der Waals surface area contributed by atoms with Crippen LogP contribution in [0.5, 0.6) is 5.75 Å². The molecule has 0 radical (unpaired) electrons. The molecular formula is C11H14O2. The van der Waals surface area contributed by atoms with Gasteiger partial charge in [0.25, 0.3) is 0 Å². The van der Waals surface area contributed by atoms with Crippen LogP contribution < -0.4 is 4.74 Å². The maximum atomic E-state index is 5.27. The molecule has 0 saturated heterocycles. The van der Waals surface area contributed by atoms with Crippen molar-refractivity contribution < 1.29 is 9.47 Å². The molecule has 1 aromatic carbocycles. The third kappa shape index (κ3) is 3.20. The summed E-state index contributed by atoms with van der Waals surface area (Å²) in [5.41, 5.74) is 1.11. The van der Waals surface area contributed by atoms with Crippen molar-refractivity contribution in [2.75, 3.05) is 7.11 Å². The summed E-state index contributed by atoms with van der Waals surface area (Å²) in [7, 11) is 1.65. The Bertz CT molecular complexity index is 275. The Balaban J connectivity index is 2.54. The molecule has 2 nitrogen and oxygen atoms in total. The molecule has 0 aliphatic rings. The van der Waals surface area contributed by atoms with Gasteiger partial charge in [0, 0.05) is 0 Å². The van der Waals surface area contributed by atoms with Crippen LogP contribution in [0, 0.1) is 0 Å². The first-order valence-corrected chi connectivity index (χ1v) is 4.13. The number of rotatable bonds is 4. The van der Waals surface area contributed by atoms with Gasteiger partial charge in [-0.05, 0) is 24.6 Å². The molecule has 0 amide bonds. The molecule has 1 rings (SSSR count). The fraction of sp³-hybridized carbons (Fsp3) is 0.273. The fourth-order valence-corrected chi connectivity index (χ4v) is 0.928. The number of benzene rings is 1. The number of hydrogen-bond acceptors (Lipinski definition) is 2. The lowest BCUT2D eigenvalue weighted by atomic mass is 10.2. The van der Waals surface area contributed by atoms with Gasteiger partial charge in [-0.3, -0.25) is 0 Å². The van der Waals surface area contributed by atoms with Gasteiger partial charge in [0.1, 0.15) is 12.4 Å². The van der Waals surface area contributed by atoms with Crippen molar-refractivity contribution >= 4 is 0 Å². The van der Waals surface area contributed by atoms with Crippen LogP contribution in [-0.4, -0.2) is 7.11 Å². The number of allylic oxidation sites excluding steroid dienone is 1. The van der Waals surface area contributed by atoms with Crippen molar-refractivity contribution in [3.05, 3.63) is 42.2 Å². The second kappa shape index (κ2) is 4.55. The van der Waals surface area contributed by atoms with Crippen LogP contribution in [0.1, 0.15) is 12.5 Å². The maximum absolute atomic E-state index is 5.27. The minimum Gasteiger partial charge on any atom is -0.497 e. The van der Waals surface area contributed by atoms with Gasteiger partial charge in [-0.2, -0.15) is 0 Å². The summed E-state index contributed by atoms with van der Waals surface area (Å²) in [5, 5.41) is 0. The fourth-order valence-electron chi connectivity index (χ4n) is 0.928. The van der Waals surface area contributed by atoms with Gasteiger partial charge in [0.15, 0.2) is 0 Å². The first-order chi connectivity index (χ1) is 6.22. The van der Waals surface area contributed by atoms with Crippen LogP contribution in [0.4, 0.5) is 0 Å². The minimum atomic E-state index is 0.569. The third-order valence-corrected chi connectivity index (χ3v) is 1.64. The molecule has 0 atom stereocenters. The standard InChI is InChI=1S/C11H14O2/c1-9(2)13-8-10-4-6-11(12-3)7-5-10/h4-7H,1,8H2,2-3H3. The molecular weight excluding hydrogens is 164 g/mol. The van der Waals surface area contributed by atoms with Crippen LogP contribution in [-0.2, 0) is 11.3 Å². The van der Waals surface area contributed by atoms with E-state index in [4.69, 9.17) is 9.47 Å². The molecule has 0 aromatic heterocycles. The lowest BCUT2D eigenvalue weighted by Gasteiger charge is -2.05. The highest BCUT2D eigenvalue weighted by atomic mass is 16.5. The monoisotopic (exact) mass is 178 g/mol. The number of hydrogen-bond donors (Lipinski definition) is 0. The lowest BCUT2D eigenvalue weighted by Crippen LogP contribution is -1.90. The van der Waals surface area contributed by atoms with E-state index in [0.717, 1.165) is 17.1 Å². The second-order valence-electron chi connectivity index (χ2n) is 2.84. The number of ether oxygens (including phenoxy) is 2. The Morgan fingerprint density at radius 3 is 2.38 bits per heavy atom.